The maximum atomic E-state index is 6.33. The first-order valence-corrected chi connectivity index (χ1v) is 13.1. The maximum absolute atomic E-state index is 6.33. The summed E-state index contributed by atoms with van der Waals surface area (Å²) in [6.07, 6.45) is 11.4. The second kappa shape index (κ2) is 8.57. The van der Waals surface area contributed by atoms with Crippen molar-refractivity contribution < 1.29 is 0 Å². The molecular formula is C30H25N9. The van der Waals surface area contributed by atoms with E-state index in [2.05, 4.69) is 48.8 Å². The molecule has 9 nitrogen and oxygen atoms in total. The molecule has 1 aromatic carbocycles. The molecule has 0 amide bonds. The summed E-state index contributed by atoms with van der Waals surface area (Å²) in [6.45, 7) is 1.92. The fraction of sp³-hybridized carbons (Fsp3) is 0.167. The molecule has 1 aliphatic heterocycles. The standard InChI is InChI=1S/C30H25N9/c31-28-24(3-1-11-33-28)29-35-25-7-9-27(38-14-2-12-34-38)36-30(25)39(29)22-5-6-23-19(15-22)4-8-26(23)37-17-20-10-13-32-16-21(20)18-37/h1-3,5-7,9-16,26H,4,8,17-18H2,(H2,31,33)/t26-/m0/s1. The molecule has 2 N–H and O–H groups in total. The second-order valence-electron chi connectivity index (χ2n) is 10.2. The Labute approximate surface area is 224 Å². The molecule has 0 saturated heterocycles. The molecule has 39 heavy (non-hydrogen) atoms. The normalized spacial score (nSPS) is 16.6. The Kier molecular flexibility index (Phi) is 4.86. The van der Waals surface area contributed by atoms with Gasteiger partial charge in [0.05, 0.1) is 5.56 Å². The van der Waals surface area contributed by atoms with Crippen LogP contribution in [0.1, 0.15) is 34.7 Å². The highest BCUT2D eigenvalue weighted by atomic mass is 15.3. The molecule has 0 fully saturated rings. The van der Waals surface area contributed by atoms with Gasteiger partial charge in [-0.05, 0) is 83.6 Å². The van der Waals surface area contributed by atoms with Gasteiger partial charge in [-0.1, -0.05) is 6.07 Å². The summed E-state index contributed by atoms with van der Waals surface area (Å²) in [5.74, 6) is 1.88. The first-order valence-electron chi connectivity index (χ1n) is 13.1. The summed E-state index contributed by atoms with van der Waals surface area (Å²) < 4.78 is 3.85. The molecule has 6 heterocycles. The van der Waals surface area contributed by atoms with E-state index in [0.29, 0.717) is 11.9 Å². The molecule has 9 heteroatoms. The third-order valence-electron chi connectivity index (χ3n) is 7.93. The summed E-state index contributed by atoms with van der Waals surface area (Å²) in [7, 11) is 0. The predicted octanol–water partition coefficient (Wildman–Crippen LogP) is 4.65. The Morgan fingerprint density at radius 1 is 0.872 bits per heavy atom. The Bertz CT molecular complexity index is 1830. The minimum Gasteiger partial charge on any atom is -0.383 e. The molecule has 1 atom stereocenters. The zero-order valence-corrected chi connectivity index (χ0v) is 21.1. The van der Waals surface area contributed by atoms with Crippen LogP contribution in [-0.4, -0.2) is 39.2 Å². The number of nitrogen functional groups attached to an aromatic ring is 1. The third kappa shape index (κ3) is 3.54. The van der Waals surface area contributed by atoms with Gasteiger partial charge in [0.1, 0.15) is 11.3 Å². The molecule has 0 unspecified atom stereocenters. The number of rotatable bonds is 4. The highest BCUT2D eigenvalue weighted by Gasteiger charge is 2.32. The van der Waals surface area contributed by atoms with E-state index in [-0.39, 0.29) is 0 Å². The third-order valence-corrected chi connectivity index (χ3v) is 7.93. The molecule has 190 valence electrons. The van der Waals surface area contributed by atoms with Crippen LogP contribution in [0.4, 0.5) is 5.82 Å². The first kappa shape index (κ1) is 22.1. The number of aromatic nitrogens is 7. The van der Waals surface area contributed by atoms with Gasteiger partial charge in [-0.15, -0.1) is 0 Å². The average molecular weight is 512 g/mol. The Morgan fingerprint density at radius 3 is 2.69 bits per heavy atom. The monoisotopic (exact) mass is 511 g/mol. The number of imidazole rings is 1. The van der Waals surface area contributed by atoms with Crippen LogP contribution in [0, 0.1) is 0 Å². The molecule has 6 aromatic rings. The second-order valence-corrected chi connectivity index (χ2v) is 10.2. The van der Waals surface area contributed by atoms with Crippen LogP contribution in [0.3, 0.4) is 0 Å². The van der Waals surface area contributed by atoms with E-state index in [1.165, 1.54) is 22.3 Å². The summed E-state index contributed by atoms with van der Waals surface area (Å²) >= 11 is 0. The van der Waals surface area contributed by atoms with Crippen LogP contribution in [0.2, 0.25) is 0 Å². The Morgan fingerprint density at radius 2 is 1.82 bits per heavy atom. The van der Waals surface area contributed by atoms with Gasteiger partial charge in [-0.3, -0.25) is 14.5 Å². The zero-order valence-electron chi connectivity index (χ0n) is 21.1. The summed E-state index contributed by atoms with van der Waals surface area (Å²) in [5.41, 5.74) is 15.1. The lowest BCUT2D eigenvalue weighted by Gasteiger charge is -2.24. The molecular weight excluding hydrogens is 486 g/mol. The van der Waals surface area contributed by atoms with Crippen LogP contribution >= 0.6 is 0 Å². The van der Waals surface area contributed by atoms with Crippen molar-refractivity contribution >= 4 is 17.0 Å². The highest BCUT2D eigenvalue weighted by Crippen LogP contribution is 2.41. The van der Waals surface area contributed by atoms with E-state index in [1.54, 1.807) is 17.1 Å². The van der Waals surface area contributed by atoms with Gasteiger partial charge in [0, 0.05) is 55.8 Å². The number of hydrogen-bond acceptors (Lipinski definition) is 7. The number of nitrogens with two attached hydrogens (primary N) is 1. The SMILES string of the molecule is Nc1ncccc1-c1nc2ccc(-n3cccn3)nc2n1-c1ccc2c(c1)CC[C@@H]2N1Cc2ccncc2C1. The van der Waals surface area contributed by atoms with Crippen LogP contribution in [0.25, 0.3) is 34.1 Å². The number of pyridine rings is 3. The summed E-state index contributed by atoms with van der Waals surface area (Å²) in [5, 5.41) is 4.37. The number of fused-ring (bicyclic) bond motifs is 3. The van der Waals surface area contributed by atoms with Crippen molar-refractivity contribution in [2.24, 2.45) is 0 Å². The smallest absolute Gasteiger partial charge is 0.167 e. The van der Waals surface area contributed by atoms with Gasteiger partial charge >= 0.3 is 0 Å². The summed E-state index contributed by atoms with van der Waals surface area (Å²) in [4.78, 5) is 21.2. The first-order chi connectivity index (χ1) is 19.2. The fourth-order valence-electron chi connectivity index (χ4n) is 6.08. The largest absolute Gasteiger partial charge is 0.383 e. The topological polar surface area (TPSA) is 104 Å². The molecule has 1 aliphatic carbocycles. The number of benzene rings is 1. The quantitative estimate of drug-likeness (QED) is 0.367. The maximum Gasteiger partial charge on any atom is 0.167 e. The number of aryl methyl sites for hydroxylation is 1. The van der Waals surface area contributed by atoms with Crippen molar-refractivity contribution in [3.8, 4) is 22.9 Å². The van der Waals surface area contributed by atoms with Crippen molar-refractivity contribution in [2.75, 3.05) is 5.73 Å². The van der Waals surface area contributed by atoms with Gasteiger partial charge in [0.15, 0.2) is 17.3 Å². The van der Waals surface area contributed by atoms with E-state index < -0.39 is 0 Å². The number of hydrogen-bond donors (Lipinski definition) is 1. The number of nitrogens with zero attached hydrogens (tertiary/aromatic N) is 8. The molecule has 0 radical (unpaired) electrons. The Hall–Kier alpha value is -4.89. The van der Waals surface area contributed by atoms with Gasteiger partial charge in [-0.2, -0.15) is 5.10 Å². The van der Waals surface area contributed by atoms with E-state index in [4.69, 9.17) is 15.7 Å². The lowest BCUT2D eigenvalue weighted by atomic mass is 10.1. The minimum atomic E-state index is 0.402. The van der Waals surface area contributed by atoms with Crippen molar-refractivity contribution in [1.29, 1.82) is 0 Å². The van der Waals surface area contributed by atoms with Gasteiger partial charge in [0.2, 0.25) is 0 Å². The van der Waals surface area contributed by atoms with Crippen molar-refractivity contribution in [3.63, 3.8) is 0 Å². The van der Waals surface area contributed by atoms with Gasteiger partial charge in [0.25, 0.3) is 0 Å². The lowest BCUT2D eigenvalue weighted by molar-refractivity contribution is 0.200. The minimum absolute atomic E-state index is 0.402. The van der Waals surface area contributed by atoms with Crippen LogP contribution < -0.4 is 5.73 Å². The Balaban J connectivity index is 1.25. The van der Waals surface area contributed by atoms with Crippen LogP contribution in [0.15, 0.2) is 85.6 Å². The summed E-state index contributed by atoms with van der Waals surface area (Å²) in [6, 6.07) is 18.9. The van der Waals surface area contributed by atoms with Crippen molar-refractivity contribution in [3.05, 3.63) is 108 Å². The van der Waals surface area contributed by atoms with E-state index in [1.807, 2.05) is 48.9 Å². The fourth-order valence-corrected chi connectivity index (χ4v) is 6.08. The van der Waals surface area contributed by atoms with Gasteiger partial charge < -0.3 is 5.73 Å². The van der Waals surface area contributed by atoms with E-state index in [9.17, 15) is 0 Å². The molecule has 8 rings (SSSR count). The number of anilines is 1. The van der Waals surface area contributed by atoms with Crippen LogP contribution in [-0.2, 0) is 19.5 Å². The molecule has 2 aliphatic rings. The van der Waals surface area contributed by atoms with Gasteiger partial charge in [-0.25, -0.2) is 19.6 Å². The zero-order chi connectivity index (χ0) is 25.9. The molecule has 0 spiro atoms. The van der Waals surface area contributed by atoms with Crippen molar-refractivity contribution in [1.82, 2.24) is 39.2 Å². The highest BCUT2D eigenvalue weighted by molar-refractivity contribution is 5.83. The predicted molar refractivity (Wildman–Crippen MR) is 148 cm³/mol. The molecule has 5 aromatic heterocycles. The molecule has 0 saturated carbocycles. The van der Waals surface area contributed by atoms with Crippen LogP contribution in [0.5, 0.6) is 0 Å². The average Bonchev–Trinajstić information content (AvgIpc) is 3.76. The van der Waals surface area contributed by atoms with E-state index in [0.717, 1.165) is 60.0 Å². The van der Waals surface area contributed by atoms with Crippen molar-refractivity contribution in [2.45, 2.75) is 32.0 Å². The van der Waals surface area contributed by atoms with E-state index >= 15 is 0 Å². The molecule has 0 bridgehead atoms. The lowest BCUT2D eigenvalue weighted by Crippen LogP contribution is -2.21.